The SMILES string of the molecule is CCCCCCCCCCCCCCCCCCOc1ccc(OC(=O)c2ccc(C(=O)O)cc2)cc1. The van der Waals surface area contributed by atoms with Crippen LogP contribution in [0.25, 0.3) is 0 Å². The van der Waals surface area contributed by atoms with Gasteiger partial charge in [0.1, 0.15) is 11.5 Å². The molecule has 0 spiro atoms. The van der Waals surface area contributed by atoms with Crippen LogP contribution in [0.1, 0.15) is 130 Å². The van der Waals surface area contributed by atoms with Gasteiger partial charge in [0, 0.05) is 0 Å². The number of hydrogen-bond donors (Lipinski definition) is 1. The van der Waals surface area contributed by atoms with E-state index >= 15 is 0 Å². The molecule has 1 N–H and O–H groups in total. The van der Waals surface area contributed by atoms with Gasteiger partial charge in [0.05, 0.1) is 17.7 Å². The molecule has 0 aromatic heterocycles. The minimum Gasteiger partial charge on any atom is -0.494 e. The second-order valence-electron chi connectivity index (χ2n) is 9.90. The average Bonchev–Trinajstić information content (AvgIpc) is 2.91. The van der Waals surface area contributed by atoms with E-state index in [1.165, 1.54) is 121 Å². The monoisotopic (exact) mass is 510 g/mol. The number of carboxylic acids is 1. The zero-order valence-electron chi connectivity index (χ0n) is 22.7. The number of rotatable bonds is 21. The zero-order chi connectivity index (χ0) is 26.6. The van der Waals surface area contributed by atoms with Gasteiger partial charge in [0.25, 0.3) is 0 Å². The molecule has 5 nitrogen and oxygen atoms in total. The molecule has 0 unspecified atom stereocenters. The zero-order valence-corrected chi connectivity index (χ0v) is 22.7. The van der Waals surface area contributed by atoms with Gasteiger partial charge in [-0.1, -0.05) is 103 Å². The maximum Gasteiger partial charge on any atom is 0.343 e. The summed E-state index contributed by atoms with van der Waals surface area (Å²) in [6.45, 7) is 2.96. The number of benzene rings is 2. The summed E-state index contributed by atoms with van der Waals surface area (Å²) in [7, 11) is 0. The smallest absolute Gasteiger partial charge is 0.343 e. The van der Waals surface area contributed by atoms with Crippen LogP contribution in [-0.2, 0) is 0 Å². The van der Waals surface area contributed by atoms with Crippen LogP contribution in [-0.4, -0.2) is 23.7 Å². The van der Waals surface area contributed by atoms with Crippen molar-refractivity contribution in [2.24, 2.45) is 0 Å². The summed E-state index contributed by atoms with van der Waals surface area (Å²) in [6.07, 6.45) is 21.6. The standard InChI is InChI=1S/C32H46O5/c1-2-3-4-5-6-7-8-9-10-11-12-13-14-15-16-17-26-36-29-22-24-30(25-23-29)37-32(35)28-20-18-27(19-21-28)31(33)34/h18-25H,2-17,26H2,1H3,(H,33,34). The molecule has 204 valence electrons. The molecule has 0 saturated carbocycles. The summed E-state index contributed by atoms with van der Waals surface area (Å²) >= 11 is 0. The number of aromatic carboxylic acids is 1. The van der Waals surface area contributed by atoms with Crippen molar-refractivity contribution >= 4 is 11.9 Å². The molecule has 0 bridgehead atoms. The van der Waals surface area contributed by atoms with Gasteiger partial charge in [-0.15, -0.1) is 0 Å². The van der Waals surface area contributed by atoms with E-state index in [2.05, 4.69) is 6.92 Å². The van der Waals surface area contributed by atoms with Crippen molar-refractivity contribution in [3.05, 3.63) is 59.7 Å². The topological polar surface area (TPSA) is 72.8 Å². The molecule has 0 radical (unpaired) electrons. The van der Waals surface area contributed by atoms with Crippen LogP contribution in [0.5, 0.6) is 11.5 Å². The Labute approximate surface area is 223 Å². The van der Waals surface area contributed by atoms with Gasteiger partial charge in [-0.3, -0.25) is 0 Å². The molecule has 2 aromatic carbocycles. The van der Waals surface area contributed by atoms with Crippen molar-refractivity contribution in [3.8, 4) is 11.5 Å². The Morgan fingerprint density at radius 2 is 0.973 bits per heavy atom. The molecule has 0 aliphatic heterocycles. The average molecular weight is 511 g/mol. The van der Waals surface area contributed by atoms with Crippen molar-refractivity contribution in [2.75, 3.05) is 6.61 Å². The molecule has 0 fully saturated rings. The van der Waals surface area contributed by atoms with Crippen LogP contribution >= 0.6 is 0 Å². The van der Waals surface area contributed by atoms with Crippen molar-refractivity contribution in [2.45, 2.75) is 110 Å². The Morgan fingerprint density at radius 1 is 0.568 bits per heavy atom. The number of carbonyl (C=O) groups excluding carboxylic acids is 1. The Hall–Kier alpha value is -2.82. The quantitative estimate of drug-likeness (QED) is 0.103. The van der Waals surface area contributed by atoms with Gasteiger partial charge in [0.15, 0.2) is 0 Å². The first kappa shape index (κ1) is 30.4. The van der Waals surface area contributed by atoms with Crippen molar-refractivity contribution in [1.82, 2.24) is 0 Å². The summed E-state index contributed by atoms with van der Waals surface area (Å²) in [6, 6.07) is 12.6. The Bertz CT molecular complexity index is 873. The van der Waals surface area contributed by atoms with Gasteiger partial charge >= 0.3 is 11.9 Å². The van der Waals surface area contributed by atoms with Crippen molar-refractivity contribution in [3.63, 3.8) is 0 Å². The van der Waals surface area contributed by atoms with E-state index in [1.807, 2.05) is 0 Å². The molecule has 2 rings (SSSR count). The van der Waals surface area contributed by atoms with E-state index in [0.29, 0.717) is 17.9 Å². The molecule has 0 saturated heterocycles. The van der Waals surface area contributed by atoms with E-state index in [0.717, 1.165) is 12.2 Å². The highest BCUT2D eigenvalue weighted by Crippen LogP contribution is 2.20. The lowest BCUT2D eigenvalue weighted by atomic mass is 10.0. The Balaban J connectivity index is 1.44. The molecule has 0 aliphatic carbocycles. The molecule has 0 heterocycles. The van der Waals surface area contributed by atoms with Crippen LogP contribution in [0.15, 0.2) is 48.5 Å². The normalized spacial score (nSPS) is 10.8. The predicted molar refractivity (Wildman–Crippen MR) is 150 cm³/mol. The van der Waals surface area contributed by atoms with Crippen LogP contribution in [0.2, 0.25) is 0 Å². The number of carbonyl (C=O) groups is 2. The molecule has 0 aliphatic rings. The molecule has 37 heavy (non-hydrogen) atoms. The first-order valence-electron chi connectivity index (χ1n) is 14.4. The van der Waals surface area contributed by atoms with E-state index in [-0.39, 0.29) is 5.56 Å². The highest BCUT2D eigenvalue weighted by atomic mass is 16.5. The summed E-state index contributed by atoms with van der Waals surface area (Å²) in [5.74, 6) is -0.387. The molecular formula is C32H46O5. The van der Waals surface area contributed by atoms with Gasteiger partial charge in [-0.2, -0.15) is 0 Å². The lowest BCUT2D eigenvalue weighted by Gasteiger charge is -2.08. The van der Waals surface area contributed by atoms with Crippen LogP contribution < -0.4 is 9.47 Å². The van der Waals surface area contributed by atoms with Crippen LogP contribution in [0.4, 0.5) is 0 Å². The highest BCUT2D eigenvalue weighted by Gasteiger charge is 2.10. The van der Waals surface area contributed by atoms with Crippen LogP contribution in [0, 0.1) is 0 Å². The minimum atomic E-state index is -1.03. The largest absolute Gasteiger partial charge is 0.494 e. The lowest BCUT2D eigenvalue weighted by Crippen LogP contribution is -2.09. The third-order valence-electron chi connectivity index (χ3n) is 6.67. The van der Waals surface area contributed by atoms with Crippen LogP contribution in [0.3, 0.4) is 0 Å². The fraction of sp³-hybridized carbons (Fsp3) is 0.562. The maximum atomic E-state index is 12.2. The Morgan fingerprint density at radius 3 is 1.43 bits per heavy atom. The van der Waals surface area contributed by atoms with E-state index in [9.17, 15) is 9.59 Å². The molecular weight excluding hydrogens is 464 g/mol. The number of ether oxygens (including phenoxy) is 2. The fourth-order valence-corrected chi connectivity index (χ4v) is 4.36. The minimum absolute atomic E-state index is 0.127. The highest BCUT2D eigenvalue weighted by molar-refractivity contribution is 5.93. The number of unbranched alkanes of at least 4 members (excludes halogenated alkanes) is 15. The van der Waals surface area contributed by atoms with Gasteiger partial charge in [-0.25, -0.2) is 9.59 Å². The summed E-state index contributed by atoms with van der Waals surface area (Å²) in [5, 5.41) is 8.94. The first-order valence-corrected chi connectivity index (χ1v) is 14.4. The predicted octanol–water partition coefficient (Wildman–Crippen LogP) is 9.24. The van der Waals surface area contributed by atoms with Gasteiger partial charge < -0.3 is 14.6 Å². The van der Waals surface area contributed by atoms with E-state index in [4.69, 9.17) is 14.6 Å². The third kappa shape index (κ3) is 13.9. The number of hydrogen-bond acceptors (Lipinski definition) is 4. The molecule has 0 amide bonds. The number of carboxylic acid groups (broad SMARTS) is 1. The molecule has 0 atom stereocenters. The Kier molecular flexibility index (Phi) is 15.9. The van der Waals surface area contributed by atoms with E-state index in [1.54, 1.807) is 24.3 Å². The van der Waals surface area contributed by atoms with Crippen molar-refractivity contribution < 1.29 is 24.2 Å². The fourth-order valence-electron chi connectivity index (χ4n) is 4.36. The second-order valence-corrected chi connectivity index (χ2v) is 9.90. The third-order valence-corrected chi connectivity index (χ3v) is 6.67. The second kappa shape index (κ2) is 19.3. The lowest BCUT2D eigenvalue weighted by molar-refractivity contribution is 0.0691. The van der Waals surface area contributed by atoms with Gasteiger partial charge in [0.2, 0.25) is 0 Å². The first-order chi connectivity index (χ1) is 18.1. The molecule has 2 aromatic rings. The van der Waals surface area contributed by atoms with E-state index < -0.39 is 11.9 Å². The summed E-state index contributed by atoms with van der Waals surface area (Å²) in [5.41, 5.74) is 0.427. The summed E-state index contributed by atoms with van der Waals surface area (Å²) < 4.78 is 11.2. The molecule has 5 heteroatoms. The summed E-state index contributed by atoms with van der Waals surface area (Å²) in [4.78, 5) is 23.1. The maximum absolute atomic E-state index is 12.2. The number of esters is 1. The van der Waals surface area contributed by atoms with Gasteiger partial charge in [-0.05, 0) is 55.0 Å². The van der Waals surface area contributed by atoms with Crippen molar-refractivity contribution in [1.29, 1.82) is 0 Å².